The molecule has 8 heteroatoms. The van der Waals surface area contributed by atoms with E-state index in [-0.39, 0.29) is 6.61 Å². The van der Waals surface area contributed by atoms with E-state index < -0.39 is 5.97 Å². The Bertz CT molecular complexity index is 1050. The molecule has 1 aliphatic carbocycles. The molecule has 166 valence electrons. The van der Waals surface area contributed by atoms with Gasteiger partial charge in [-0.3, -0.25) is 0 Å². The first-order chi connectivity index (χ1) is 15.6. The van der Waals surface area contributed by atoms with Crippen LogP contribution in [-0.2, 0) is 4.79 Å². The van der Waals surface area contributed by atoms with Gasteiger partial charge in [-0.1, -0.05) is 36.0 Å². The third-order valence-corrected chi connectivity index (χ3v) is 7.31. The Labute approximate surface area is 191 Å². The summed E-state index contributed by atoms with van der Waals surface area (Å²) in [5.74, 6) is 1.56. The molecule has 2 aromatic rings. The monoisotopic (exact) mass is 450 g/mol. The van der Waals surface area contributed by atoms with Crippen LogP contribution in [0.3, 0.4) is 0 Å². The van der Waals surface area contributed by atoms with Crippen LogP contribution in [0.25, 0.3) is 0 Å². The lowest BCUT2D eigenvalue weighted by molar-refractivity contribution is -0.139. The molecule has 1 aromatic carbocycles. The minimum absolute atomic E-state index is 0.306. The van der Waals surface area contributed by atoms with Gasteiger partial charge in [0.25, 0.3) is 0 Å². The number of aliphatic carboxylic acids is 1. The molecule has 1 saturated heterocycles. The standard InChI is InChI=1S/C24H26N4O3S/c29-22(30)15-31-19-4-2-17(3-5-19)18-7-11-28(12-8-18)14-16-1-6-21-20(13-16)27-23-24(32-21)26-10-9-25-23/h1-6,9-10,16,18H,7-8,11-15H2,(H,25,27)(H,29,30). The number of anilines is 1. The minimum Gasteiger partial charge on any atom is -0.482 e. The Morgan fingerprint density at radius 3 is 2.75 bits per heavy atom. The van der Waals surface area contributed by atoms with Crippen molar-refractivity contribution in [3.8, 4) is 5.75 Å². The second-order valence-corrected chi connectivity index (χ2v) is 9.46. The number of carbonyl (C=O) groups is 1. The quantitative estimate of drug-likeness (QED) is 0.679. The summed E-state index contributed by atoms with van der Waals surface area (Å²) >= 11 is 1.70. The summed E-state index contributed by atoms with van der Waals surface area (Å²) in [7, 11) is 0. The number of fused-ring (bicyclic) bond motifs is 1. The number of hydrogen-bond donors (Lipinski definition) is 2. The van der Waals surface area contributed by atoms with Gasteiger partial charge >= 0.3 is 5.97 Å². The summed E-state index contributed by atoms with van der Waals surface area (Å²) in [6.45, 7) is 2.95. The Morgan fingerprint density at radius 1 is 1.19 bits per heavy atom. The molecule has 0 amide bonds. The van der Waals surface area contributed by atoms with Crippen molar-refractivity contribution >= 4 is 23.5 Å². The molecular formula is C24H26N4O3S. The fourth-order valence-electron chi connectivity index (χ4n) is 4.58. The van der Waals surface area contributed by atoms with Gasteiger partial charge in [-0.25, -0.2) is 14.8 Å². The smallest absolute Gasteiger partial charge is 0.341 e. The molecule has 1 aromatic heterocycles. The number of aromatic nitrogens is 2. The van der Waals surface area contributed by atoms with Crippen LogP contribution in [0, 0.1) is 5.92 Å². The van der Waals surface area contributed by atoms with E-state index in [1.165, 1.54) is 16.2 Å². The summed E-state index contributed by atoms with van der Waals surface area (Å²) in [4.78, 5) is 23.3. The van der Waals surface area contributed by atoms with Gasteiger partial charge in [0.2, 0.25) is 0 Å². The molecule has 7 nitrogen and oxygen atoms in total. The van der Waals surface area contributed by atoms with Gasteiger partial charge in [-0.2, -0.15) is 0 Å². The maximum absolute atomic E-state index is 10.6. The van der Waals surface area contributed by atoms with Crippen molar-refractivity contribution in [3.63, 3.8) is 0 Å². The molecule has 1 atom stereocenters. The highest BCUT2D eigenvalue weighted by Gasteiger charge is 2.27. The SMILES string of the molecule is O=C(O)COc1ccc(C2CCN(CC3C=CC4=C(C3)Nc3nccnc3S4)CC2)cc1. The van der Waals surface area contributed by atoms with Crippen molar-refractivity contribution in [2.75, 3.05) is 31.6 Å². The van der Waals surface area contributed by atoms with Gasteiger partial charge < -0.3 is 20.1 Å². The average Bonchev–Trinajstić information content (AvgIpc) is 2.82. The third kappa shape index (κ3) is 4.81. The lowest BCUT2D eigenvalue weighted by Crippen LogP contribution is -2.37. The average molecular weight is 451 g/mol. The highest BCUT2D eigenvalue weighted by atomic mass is 32.2. The molecule has 3 heterocycles. The summed E-state index contributed by atoms with van der Waals surface area (Å²) in [5, 5.41) is 13.2. The first-order valence-corrected chi connectivity index (χ1v) is 11.8. The number of allylic oxidation sites excluding steroid dienone is 2. The number of ether oxygens (including phenoxy) is 1. The summed E-state index contributed by atoms with van der Waals surface area (Å²) in [6, 6.07) is 7.89. The topological polar surface area (TPSA) is 87.6 Å². The molecule has 2 aliphatic heterocycles. The number of carboxylic acid groups (broad SMARTS) is 1. The number of nitrogens with one attached hydrogen (secondary N) is 1. The number of carboxylic acids is 1. The molecule has 0 bridgehead atoms. The predicted molar refractivity (Wildman–Crippen MR) is 124 cm³/mol. The number of rotatable bonds is 6. The number of thioether (sulfide) groups is 1. The van der Waals surface area contributed by atoms with Crippen LogP contribution in [0.5, 0.6) is 5.75 Å². The zero-order chi connectivity index (χ0) is 21.9. The molecule has 0 saturated carbocycles. The zero-order valence-electron chi connectivity index (χ0n) is 17.7. The van der Waals surface area contributed by atoms with Gasteiger partial charge in [0.15, 0.2) is 12.4 Å². The summed E-state index contributed by atoms with van der Waals surface area (Å²) < 4.78 is 5.24. The fourth-order valence-corrected chi connectivity index (χ4v) is 5.51. The summed E-state index contributed by atoms with van der Waals surface area (Å²) in [5.41, 5.74) is 2.57. The fraction of sp³-hybridized carbons (Fsp3) is 0.375. The maximum Gasteiger partial charge on any atom is 0.341 e. The van der Waals surface area contributed by atoms with Crippen LogP contribution in [0.4, 0.5) is 5.82 Å². The van der Waals surface area contributed by atoms with Gasteiger partial charge in [-0.05, 0) is 61.9 Å². The minimum atomic E-state index is -0.960. The van der Waals surface area contributed by atoms with Gasteiger partial charge in [-0.15, -0.1) is 0 Å². The molecule has 1 fully saturated rings. The molecule has 0 spiro atoms. The Kier molecular flexibility index (Phi) is 6.14. The molecule has 1 unspecified atom stereocenters. The highest BCUT2D eigenvalue weighted by molar-refractivity contribution is 8.03. The van der Waals surface area contributed by atoms with Crippen molar-refractivity contribution < 1.29 is 14.6 Å². The van der Waals surface area contributed by atoms with E-state index in [9.17, 15) is 4.79 Å². The zero-order valence-corrected chi connectivity index (χ0v) is 18.6. The van der Waals surface area contributed by atoms with Crippen LogP contribution in [0.15, 0.2) is 64.4 Å². The number of hydrogen-bond acceptors (Lipinski definition) is 7. The van der Waals surface area contributed by atoms with E-state index in [4.69, 9.17) is 9.84 Å². The maximum atomic E-state index is 10.6. The lowest BCUT2D eigenvalue weighted by atomic mass is 9.88. The second kappa shape index (κ2) is 9.34. The Hall–Kier alpha value is -2.84. The normalized spacial score (nSPS) is 20.9. The first kappa shape index (κ1) is 21.0. The van der Waals surface area contributed by atoms with Crippen LogP contribution in [0.2, 0.25) is 0 Å². The van der Waals surface area contributed by atoms with Crippen molar-refractivity contribution in [3.05, 3.63) is 65.0 Å². The molecule has 2 N–H and O–H groups in total. The second-order valence-electron chi connectivity index (χ2n) is 8.43. The highest BCUT2D eigenvalue weighted by Crippen LogP contribution is 2.42. The molecule has 0 radical (unpaired) electrons. The van der Waals surface area contributed by atoms with Crippen LogP contribution >= 0.6 is 11.8 Å². The van der Waals surface area contributed by atoms with Gasteiger partial charge in [0.1, 0.15) is 10.8 Å². The molecule has 3 aliphatic rings. The molecular weight excluding hydrogens is 424 g/mol. The van der Waals surface area contributed by atoms with E-state index in [1.807, 2.05) is 12.1 Å². The number of piperidine rings is 1. The van der Waals surface area contributed by atoms with E-state index in [0.717, 1.165) is 49.7 Å². The third-order valence-electron chi connectivity index (χ3n) is 6.22. The van der Waals surface area contributed by atoms with E-state index >= 15 is 0 Å². The number of nitrogens with zero attached hydrogens (tertiary/aromatic N) is 3. The van der Waals surface area contributed by atoms with Crippen molar-refractivity contribution in [1.82, 2.24) is 14.9 Å². The van der Waals surface area contributed by atoms with Crippen molar-refractivity contribution in [1.29, 1.82) is 0 Å². The van der Waals surface area contributed by atoms with Gasteiger partial charge in [0, 0.05) is 29.5 Å². The first-order valence-electron chi connectivity index (χ1n) is 11.0. The predicted octanol–water partition coefficient (Wildman–Crippen LogP) is 4.12. The number of benzene rings is 1. The van der Waals surface area contributed by atoms with Crippen molar-refractivity contribution in [2.45, 2.75) is 30.2 Å². The Morgan fingerprint density at radius 2 is 1.97 bits per heavy atom. The van der Waals surface area contributed by atoms with E-state index in [1.54, 1.807) is 24.2 Å². The van der Waals surface area contributed by atoms with E-state index in [0.29, 0.717) is 17.6 Å². The Balaban J connectivity index is 1.11. The van der Waals surface area contributed by atoms with Crippen LogP contribution in [-0.4, -0.2) is 52.2 Å². The summed E-state index contributed by atoms with van der Waals surface area (Å²) in [6.07, 6.45) is 11.3. The largest absolute Gasteiger partial charge is 0.482 e. The van der Waals surface area contributed by atoms with Crippen LogP contribution in [0.1, 0.15) is 30.7 Å². The molecule has 5 rings (SSSR count). The van der Waals surface area contributed by atoms with E-state index in [2.05, 4.69) is 44.5 Å². The lowest BCUT2D eigenvalue weighted by Gasteiger charge is -2.35. The van der Waals surface area contributed by atoms with Crippen LogP contribution < -0.4 is 10.1 Å². The van der Waals surface area contributed by atoms with Gasteiger partial charge in [0.05, 0.1) is 0 Å². The molecule has 32 heavy (non-hydrogen) atoms. The van der Waals surface area contributed by atoms with Crippen molar-refractivity contribution in [2.24, 2.45) is 5.92 Å². The number of likely N-dealkylation sites (tertiary alicyclic amines) is 1.